The highest BCUT2D eigenvalue weighted by Gasteiger charge is 2.74. The molecule has 1 aromatic carbocycles. The van der Waals surface area contributed by atoms with E-state index in [1.54, 1.807) is 4.90 Å². The Morgan fingerprint density at radius 2 is 2.19 bits per heavy atom. The van der Waals surface area contributed by atoms with Crippen LogP contribution in [0.1, 0.15) is 24.9 Å². The number of hydrogen-bond acceptors (Lipinski definition) is 7. The van der Waals surface area contributed by atoms with E-state index in [1.165, 1.54) is 10.8 Å². The molecular formula is C17H17N3O4S2. The number of hydrogen-bond donors (Lipinski definition) is 0. The monoisotopic (exact) mass is 391 g/mol. The second-order valence-corrected chi connectivity index (χ2v) is 10.8. The summed E-state index contributed by atoms with van der Waals surface area (Å²) < 4.78 is 23.9. The summed E-state index contributed by atoms with van der Waals surface area (Å²) in [5.41, 5.74) is -0.0136. The Hall–Kier alpha value is -1.60. The van der Waals surface area contributed by atoms with Crippen molar-refractivity contribution in [3.63, 3.8) is 0 Å². The van der Waals surface area contributed by atoms with Gasteiger partial charge in [-0.2, -0.15) is 5.26 Å². The second-order valence-electron chi connectivity index (χ2n) is 7.47. The molecule has 0 aromatic heterocycles. The Balaban J connectivity index is 1.67. The van der Waals surface area contributed by atoms with Gasteiger partial charge in [-0.3, -0.25) is 14.6 Å². The van der Waals surface area contributed by atoms with Crippen LogP contribution in [0.25, 0.3) is 0 Å². The largest absolute Gasteiger partial charge is 0.603 e. The maximum absolute atomic E-state index is 13.2. The van der Waals surface area contributed by atoms with Gasteiger partial charge in [-0.05, 0) is 31.7 Å². The number of carbonyl (C=O) groups is 1. The van der Waals surface area contributed by atoms with Gasteiger partial charge in [0.1, 0.15) is 10.8 Å². The van der Waals surface area contributed by atoms with Gasteiger partial charge in [-0.15, -0.1) is 0 Å². The van der Waals surface area contributed by atoms with E-state index in [0.717, 1.165) is 5.56 Å². The van der Waals surface area contributed by atoms with Crippen LogP contribution in [0.2, 0.25) is 0 Å². The molecule has 6 rings (SSSR count). The van der Waals surface area contributed by atoms with Gasteiger partial charge in [-0.1, -0.05) is 6.07 Å². The average Bonchev–Trinajstić information content (AvgIpc) is 3.17. The highest BCUT2D eigenvalue weighted by Crippen LogP contribution is 2.63. The lowest BCUT2D eigenvalue weighted by molar-refractivity contribution is -0.144. The van der Waals surface area contributed by atoms with Crippen LogP contribution in [0.3, 0.4) is 0 Å². The number of carbonyl (C=O) groups excluding carboxylic acids is 1. The zero-order valence-electron chi connectivity index (χ0n) is 14.3. The number of benzene rings is 1. The molecule has 136 valence electrons. The molecule has 1 spiro atoms. The molecule has 0 N–H and O–H groups in total. The normalized spacial score (nSPS) is 40.6. The molecule has 1 amide bonds. The first kappa shape index (κ1) is 16.6. The van der Waals surface area contributed by atoms with Crippen LogP contribution in [0.15, 0.2) is 18.2 Å². The van der Waals surface area contributed by atoms with Crippen molar-refractivity contribution in [1.29, 1.82) is 5.26 Å². The standard InChI is InChI=1S/C17H17N3O4S2/c1-16(7-18)6-17-8-19(2)15(25-26(17)22)14(21)20(17)13(16)10-3-4-11-12(5-10)24-9-23-11/h3-5,13,15H,6,8-9H2,1-2H3/t13?,15?,16-,17?,26-/m1/s1. The molecule has 5 aliphatic heterocycles. The van der Waals surface area contributed by atoms with Gasteiger partial charge >= 0.3 is 0 Å². The third-order valence-electron chi connectivity index (χ3n) is 5.75. The van der Waals surface area contributed by atoms with Crippen LogP contribution in [-0.4, -0.2) is 50.9 Å². The number of nitriles is 1. The van der Waals surface area contributed by atoms with Crippen LogP contribution in [0.5, 0.6) is 11.5 Å². The van der Waals surface area contributed by atoms with Gasteiger partial charge in [0.05, 0.1) is 34.3 Å². The van der Waals surface area contributed by atoms with E-state index in [4.69, 9.17) is 9.47 Å². The molecule has 5 heterocycles. The van der Waals surface area contributed by atoms with Crippen molar-refractivity contribution in [2.45, 2.75) is 29.6 Å². The van der Waals surface area contributed by atoms with E-state index in [0.29, 0.717) is 24.5 Å². The first-order chi connectivity index (χ1) is 12.4. The predicted octanol–water partition coefficient (Wildman–Crippen LogP) is 1.60. The maximum Gasteiger partial charge on any atom is 0.259 e. The van der Waals surface area contributed by atoms with Crippen LogP contribution in [0, 0.1) is 16.7 Å². The quantitative estimate of drug-likeness (QED) is 0.531. The molecule has 4 fully saturated rings. The molecule has 5 aliphatic rings. The lowest BCUT2D eigenvalue weighted by Gasteiger charge is -2.53. The average molecular weight is 391 g/mol. The second kappa shape index (κ2) is 5.23. The lowest BCUT2D eigenvalue weighted by Crippen LogP contribution is -2.71. The minimum atomic E-state index is -1.26. The summed E-state index contributed by atoms with van der Waals surface area (Å²) in [7, 11) is 1.81. The molecule has 1 aromatic rings. The van der Waals surface area contributed by atoms with Crippen molar-refractivity contribution in [3.05, 3.63) is 23.8 Å². The zero-order chi connectivity index (χ0) is 18.3. The van der Waals surface area contributed by atoms with Gasteiger partial charge in [0.15, 0.2) is 16.9 Å². The fourth-order valence-electron chi connectivity index (χ4n) is 4.70. The molecule has 2 bridgehead atoms. The number of rotatable bonds is 1. The Bertz CT molecular complexity index is 861. The summed E-state index contributed by atoms with van der Waals surface area (Å²) in [6.45, 7) is 2.54. The summed E-state index contributed by atoms with van der Waals surface area (Å²) in [5, 5.41) is 9.53. The summed E-state index contributed by atoms with van der Waals surface area (Å²) in [4.78, 5) is 16.1. The number of nitrogens with zero attached hydrogens (tertiary/aromatic N) is 3. The third kappa shape index (κ3) is 1.90. The Kier molecular flexibility index (Phi) is 3.33. The van der Waals surface area contributed by atoms with E-state index >= 15 is 0 Å². The van der Waals surface area contributed by atoms with Crippen molar-refractivity contribution < 1.29 is 18.8 Å². The van der Waals surface area contributed by atoms with Crippen molar-refractivity contribution in [3.8, 4) is 17.6 Å². The van der Waals surface area contributed by atoms with Crippen molar-refractivity contribution >= 4 is 26.9 Å². The first-order valence-electron chi connectivity index (χ1n) is 8.33. The number of ether oxygens (including phenoxy) is 2. The fraction of sp³-hybridized carbons (Fsp3) is 0.529. The smallest absolute Gasteiger partial charge is 0.259 e. The summed E-state index contributed by atoms with van der Waals surface area (Å²) in [6.07, 6.45) is 0.387. The van der Waals surface area contributed by atoms with Gasteiger partial charge in [0.2, 0.25) is 11.7 Å². The Labute approximate surface area is 157 Å². The van der Waals surface area contributed by atoms with Crippen molar-refractivity contribution in [2.75, 3.05) is 20.4 Å². The van der Waals surface area contributed by atoms with Crippen LogP contribution >= 0.6 is 10.8 Å². The van der Waals surface area contributed by atoms with Gasteiger partial charge in [0, 0.05) is 6.42 Å². The van der Waals surface area contributed by atoms with Crippen LogP contribution < -0.4 is 9.47 Å². The summed E-state index contributed by atoms with van der Waals surface area (Å²) in [5.74, 6) is 1.21. The molecule has 4 saturated heterocycles. The molecular weight excluding hydrogens is 374 g/mol. The minimum Gasteiger partial charge on any atom is -0.603 e. The third-order valence-corrected chi connectivity index (χ3v) is 9.76. The van der Waals surface area contributed by atoms with Gasteiger partial charge < -0.3 is 14.0 Å². The summed E-state index contributed by atoms with van der Waals surface area (Å²) >= 11 is 0. The lowest BCUT2D eigenvalue weighted by atomic mass is 9.79. The number of likely N-dealkylation sites (N-methyl/N-ethyl adjacent to an activating group) is 1. The SMILES string of the molecule is CN1CC23C[C@](C)(C#N)C(c4ccc5c(c4)OCO5)N2C(=O)C1S[S@@+]3[O-]. The van der Waals surface area contributed by atoms with E-state index in [9.17, 15) is 14.6 Å². The zero-order valence-corrected chi connectivity index (χ0v) is 15.9. The molecule has 0 aliphatic carbocycles. The molecule has 0 saturated carbocycles. The van der Waals surface area contributed by atoms with E-state index in [-0.39, 0.29) is 12.7 Å². The fourth-order valence-corrected chi connectivity index (χ4v) is 8.84. The summed E-state index contributed by atoms with van der Waals surface area (Å²) in [6, 6.07) is 7.49. The predicted molar refractivity (Wildman–Crippen MR) is 95.4 cm³/mol. The molecule has 26 heavy (non-hydrogen) atoms. The van der Waals surface area contributed by atoms with Crippen molar-refractivity contribution in [1.82, 2.24) is 9.80 Å². The number of fused-ring (bicyclic) bond motifs is 3. The molecule has 7 nitrogen and oxygen atoms in total. The minimum absolute atomic E-state index is 0.0648. The van der Waals surface area contributed by atoms with E-state index in [1.807, 2.05) is 37.1 Å². The molecule has 5 atom stereocenters. The highest BCUT2D eigenvalue weighted by atomic mass is 33.1. The van der Waals surface area contributed by atoms with E-state index in [2.05, 4.69) is 6.07 Å². The highest BCUT2D eigenvalue weighted by molar-refractivity contribution is 8.73. The number of piperazine rings is 1. The van der Waals surface area contributed by atoms with Gasteiger partial charge in [0.25, 0.3) is 5.91 Å². The van der Waals surface area contributed by atoms with Crippen LogP contribution in [-0.2, 0) is 15.0 Å². The molecule has 9 heteroatoms. The Morgan fingerprint density at radius 1 is 1.42 bits per heavy atom. The molecule has 3 unspecified atom stereocenters. The topological polar surface area (TPSA) is 88.9 Å². The van der Waals surface area contributed by atoms with Crippen LogP contribution in [0.4, 0.5) is 0 Å². The van der Waals surface area contributed by atoms with Crippen molar-refractivity contribution in [2.24, 2.45) is 5.41 Å². The first-order valence-corrected chi connectivity index (χ1v) is 10.9. The van der Waals surface area contributed by atoms with Gasteiger partial charge in [-0.25, -0.2) is 0 Å². The van der Waals surface area contributed by atoms with E-state index < -0.39 is 31.9 Å². The Morgan fingerprint density at radius 3 is 2.96 bits per heavy atom. The number of amides is 1. The maximum atomic E-state index is 13.2. The molecule has 0 radical (unpaired) electrons.